The Hall–Kier alpha value is -0.970. The fourth-order valence-corrected chi connectivity index (χ4v) is 5.69. The summed E-state index contributed by atoms with van der Waals surface area (Å²) in [4.78, 5) is 0. The maximum absolute atomic E-state index is 13.9. The van der Waals surface area contributed by atoms with Gasteiger partial charge in [-0.1, -0.05) is 0 Å². The molecule has 3 nitrogen and oxygen atoms in total. The lowest BCUT2D eigenvalue weighted by atomic mass is 9.76. The zero-order valence-electron chi connectivity index (χ0n) is 15.0. The first-order chi connectivity index (χ1) is 13.5. The smallest absolute Gasteiger partial charge is 0.282 e. The van der Waals surface area contributed by atoms with E-state index in [2.05, 4.69) is 9.05 Å². The molecule has 32 heavy (non-hydrogen) atoms. The molecule has 1 fully saturated rings. The van der Waals surface area contributed by atoms with Gasteiger partial charge in [-0.05, 0) is 6.92 Å². The first kappa shape index (κ1) is 29.1. The van der Waals surface area contributed by atoms with Crippen LogP contribution in [0.3, 0.4) is 0 Å². The molecule has 0 bridgehead atoms. The fraction of sp³-hybridized carbons (Fsp3) is 1.00. The van der Waals surface area contributed by atoms with Crippen LogP contribution >= 0.6 is 7.60 Å². The zero-order chi connectivity index (χ0) is 26.2. The summed E-state index contributed by atoms with van der Waals surface area (Å²) in [7, 11) is -7.29. The van der Waals surface area contributed by atoms with E-state index in [9.17, 15) is 74.8 Å². The summed E-state index contributed by atoms with van der Waals surface area (Å²) in [5.41, 5.74) is -14.2. The van der Waals surface area contributed by atoms with Crippen molar-refractivity contribution >= 4 is 7.60 Å². The van der Waals surface area contributed by atoms with Crippen molar-refractivity contribution in [3.05, 3.63) is 0 Å². The van der Waals surface area contributed by atoms with Gasteiger partial charge in [0.1, 0.15) is 5.92 Å². The molecule has 0 aromatic carbocycles. The Labute approximate surface area is 166 Å². The van der Waals surface area contributed by atoms with E-state index < -0.39 is 81.3 Å². The third kappa shape index (κ3) is 4.28. The van der Waals surface area contributed by atoms with Gasteiger partial charge >= 0.3 is 37.9 Å². The summed E-state index contributed by atoms with van der Waals surface area (Å²) in [5.74, 6) is -16.0. The Balaban J connectivity index is 4.06. The zero-order valence-corrected chi connectivity index (χ0v) is 15.9. The van der Waals surface area contributed by atoms with Crippen LogP contribution in [-0.4, -0.2) is 53.9 Å². The molecular weight excluding hydrogens is 527 g/mol. The highest BCUT2D eigenvalue weighted by Gasteiger charge is 2.99. The maximum Gasteiger partial charge on any atom is 0.430 e. The first-order valence-electron chi connectivity index (χ1n) is 7.53. The van der Waals surface area contributed by atoms with Crippen molar-refractivity contribution in [2.75, 3.05) is 6.16 Å². The SMILES string of the molecule is CC(F)(F)C(CP1(=O)OC(C(C)(F)F)(C(F)(F)F)C(C(F)(F)F)(C(F)(F)F)O1)C(F)(F)F. The average Bonchev–Trinajstić information content (AvgIpc) is 2.74. The van der Waals surface area contributed by atoms with Crippen molar-refractivity contribution in [1.29, 1.82) is 0 Å². The Kier molecular flexibility index (Phi) is 6.60. The van der Waals surface area contributed by atoms with Crippen LogP contribution in [0.25, 0.3) is 0 Å². The van der Waals surface area contributed by atoms with Gasteiger partial charge in [0, 0.05) is 6.92 Å². The van der Waals surface area contributed by atoms with E-state index in [1.54, 1.807) is 0 Å². The van der Waals surface area contributed by atoms with Gasteiger partial charge in [-0.15, -0.1) is 0 Å². The van der Waals surface area contributed by atoms with Gasteiger partial charge in [-0.3, -0.25) is 13.6 Å². The van der Waals surface area contributed by atoms with Gasteiger partial charge in [0.05, 0.1) is 6.16 Å². The van der Waals surface area contributed by atoms with E-state index in [-0.39, 0.29) is 0 Å². The van der Waals surface area contributed by atoms with Gasteiger partial charge < -0.3 is 0 Å². The summed E-state index contributed by atoms with van der Waals surface area (Å²) < 4.78 is 231. The van der Waals surface area contributed by atoms with Crippen molar-refractivity contribution in [3.63, 3.8) is 0 Å². The molecule has 20 heteroatoms. The van der Waals surface area contributed by atoms with Crippen LogP contribution in [0.2, 0.25) is 0 Å². The van der Waals surface area contributed by atoms with E-state index >= 15 is 0 Å². The van der Waals surface area contributed by atoms with E-state index in [1.165, 1.54) is 0 Å². The first-order valence-corrected chi connectivity index (χ1v) is 9.26. The minimum atomic E-state index is -7.60. The predicted molar refractivity (Wildman–Crippen MR) is 69.1 cm³/mol. The van der Waals surface area contributed by atoms with E-state index in [0.29, 0.717) is 0 Å². The summed E-state index contributed by atoms with van der Waals surface area (Å²) in [6, 6.07) is 0. The van der Waals surface area contributed by atoms with Crippen LogP contribution in [0.15, 0.2) is 0 Å². The lowest BCUT2D eigenvalue weighted by molar-refractivity contribution is -0.446. The second kappa shape index (κ2) is 7.26. The third-order valence-electron chi connectivity index (χ3n) is 4.28. The average molecular weight is 536 g/mol. The highest BCUT2D eigenvalue weighted by molar-refractivity contribution is 7.54. The van der Waals surface area contributed by atoms with Crippen LogP contribution in [0, 0.1) is 5.92 Å². The molecule has 1 aliphatic heterocycles. The van der Waals surface area contributed by atoms with Crippen LogP contribution in [0.1, 0.15) is 13.8 Å². The molecule has 0 aromatic rings. The lowest BCUT2D eigenvalue weighted by Crippen LogP contribution is -2.79. The number of rotatable bonds is 4. The molecule has 1 saturated heterocycles. The molecule has 0 aliphatic carbocycles. The van der Waals surface area contributed by atoms with Crippen molar-refractivity contribution < 1.29 is 83.9 Å². The van der Waals surface area contributed by atoms with Crippen molar-refractivity contribution in [3.8, 4) is 0 Å². The summed E-state index contributed by atoms with van der Waals surface area (Å²) >= 11 is 0. The second-order valence-electron chi connectivity index (χ2n) is 6.77. The Morgan fingerprint density at radius 3 is 1.16 bits per heavy atom. The molecule has 1 aliphatic rings. The summed E-state index contributed by atoms with van der Waals surface area (Å²) in [6.07, 6.45) is -32.3. The molecular formula is C12H9F16O3P. The highest BCUT2D eigenvalue weighted by Crippen LogP contribution is 2.77. The normalized spacial score (nSPS) is 29.3. The van der Waals surface area contributed by atoms with Gasteiger partial charge in [-0.2, -0.15) is 52.7 Å². The predicted octanol–water partition coefficient (Wildman–Crippen LogP) is 6.88. The van der Waals surface area contributed by atoms with Crippen LogP contribution in [-0.2, 0) is 13.6 Å². The fourth-order valence-electron chi connectivity index (χ4n) is 2.97. The van der Waals surface area contributed by atoms with Gasteiger partial charge in [0.15, 0.2) is 0 Å². The maximum atomic E-state index is 13.9. The molecule has 192 valence electrons. The topological polar surface area (TPSA) is 35.5 Å². The number of hydrogen-bond acceptors (Lipinski definition) is 3. The third-order valence-corrected chi connectivity index (χ3v) is 6.19. The summed E-state index contributed by atoms with van der Waals surface area (Å²) in [6.45, 7) is -1.82. The number of halogens is 16. The quantitative estimate of drug-likeness (QED) is 0.291. The van der Waals surface area contributed by atoms with Gasteiger partial charge in [-0.25, -0.2) is 17.6 Å². The molecule has 0 saturated carbocycles. The largest absolute Gasteiger partial charge is 0.430 e. The van der Waals surface area contributed by atoms with Crippen LogP contribution in [0.5, 0.6) is 0 Å². The molecule has 0 aromatic heterocycles. The Morgan fingerprint density at radius 1 is 0.656 bits per heavy atom. The minimum absolute atomic E-state index is 0.625. The minimum Gasteiger partial charge on any atom is -0.282 e. The molecule has 0 radical (unpaired) electrons. The molecule has 0 amide bonds. The van der Waals surface area contributed by atoms with E-state index in [4.69, 9.17) is 0 Å². The van der Waals surface area contributed by atoms with Crippen LogP contribution < -0.4 is 0 Å². The van der Waals surface area contributed by atoms with Crippen LogP contribution in [0.4, 0.5) is 70.2 Å². The summed E-state index contributed by atoms with van der Waals surface area (Å²) in [5, 5.41) is 0. The highest BCUT2D eigenvalue weighted by atomic mass is 31.2. The molecule has 3 atom stereocenters. The molecule has 3 unspecified atom stereocenters. The standard InChI is InChI=1S/C12H9F16O3P/c1-5(13,14)4(7(17,18)19)3-32(29)30-8(6(2,15)16,10(20,21)22)9(31-32,11(23,24)25)12(26,27)28/h4H,3H2,1-2H3. The second-order valence-corrected chi connectivity index (χ2v) is 8.72. The van der Waals surface area contributed by atoms with Gasteiger partial charge in [0.2, 0.25) is 0 Å². The van der Waals surface area contributed by atoms with E-state index in [0.717, 1.165) is 0 Å². The number of hydrogen-bond donors (Lipinski definition) is 0. The molecule has 1 heterocycles. The van der Waals surface area contributed by atoms with Crippen molar-refractivity contribution in [1.82, 2.24) is 0 Å². The molecule has 1 rings (SSSR count). The molecule has 0 N–H and O–H groups in total. The Bertz CT molecular complexity index is 663. The van der Waals surface area contributed by atoms with Gasteiger partial charge in [0.25, 0.3) is 17.4 Å². The molecule has 0 spiro atoms. The van der Waals surface area contributed by atoms with Crippen molar-refractivity contribution in [2.45, 2.75) is 61.6 Å². The van der Waals surface area contributed by atoms with Crippen molar-refractivity contribution in [2.24, 2.45) is 5.92 Å². The monoisotopic (exact) mass is 536 g/mol. The lowest BCUT2D eigenvalue weighted by Gasteiger charge is -2.46. The number of alkyl halides is 16. The van der Waals surface area contributed by atoms with E-state index in [1.807, 2.05) is 0 Å². The Morgan fingerprint density at radius 2 is 0.969 bits per heavy atom.